The molecule has 0 aliphatic heterocycles. The average molecular weight is 332 g/mol. The summed E-state index contributed by atoms with van der Waals surface area (Å²) in [4.78, 5) is 0. The van der Waals surface area contributed by atoms with Gasteiger partial charge in [-0.1, -0.05) is 25.7 Å². The maximum absolute atomic E-state index is 5.48. The third-order valence-corrected chi connectivity index (χ3v) is 4.91. The number of unbranched alkanes of at least 4 members (excludes halogenated alkanes) is 12. The second-order valence-electron chi connectivity index (χ2n) is 5.93. The predicted molar refractivity (Wildman–Crippen MR) is 87.6 cm³/mol. The first-order chi connectivity index (χ1) is 9.91. The van der Waals surface area contributed by atoms with Gasteiger partial charge in [-0.05, 0) is 13.0 Å². The Morgan fingerprint density at radius 1 is 0.550 bits per heavy atom. The quantitative estimate of drug-likeness (QED) is 0.212. The molecule has 0 aromatic carbocycles. The van der Waals surface area contributed by atoms with Gasteiger partial charge < -0.3 is 5.73 Å². The van der Waals surface area contributed by atoms with Crippen LogP contribution in [0.4, 0.5) is 0 Å². The van der Waals surface area contributed by atoms with Crippen LogP contribution in [0.1, 0.15) is 89.9 Å². The van der Waals surface area contributed by atoms with Crippen LogP contribution >= 0.6 is 0 Å². The van der Waals surface area contributed by atoms with Crippen molar-refractivity contribution in [1.29, 1.82) is 0 Å². The van der Waals surface area contributed by atoms with Gasteiger partial charge in [-0.15, -0.1) is 0 Å². The number of rotatable bonds is 16. The Kier molecular flexibility index (Phi) is 19.6. The standard InChI is InChI=1S/C18H36N.Zn/c1-2-3-4-5-6-7-8-9-10-11-12-13-14-15-16-17-18-19;/h9-10H,1-8,11-19H2;/b10-9-;. The van der Waals surface area contributed by atoms with E-state index in [1.807, 2.05) is 0 Å². The van der Waals surface area contributed by atoms with Crippen molar-refractivity contribution in [2.45, 2.75) is 94.9 Å². The van der Waals surface area contributed by atoms with Gasteiger partial charge in [-0.25, -0.2) is 0 Å². The van der Waals surface area contributed by atoms with Gasteiger partial charge in [0.15, 0.2) is 0 Å². The van der Waals surface area contributed by atoms with Crippen molar-refractivity contribution in [3.8, 4) is 0 Å². The van der Waals surface area contributed by atoms with E-state index in [0.717, 1.165) is 6.54 Å². The summed E-state index contributed by atoms with van der Waals surface area (Å²) in [5, 5.41) is 1.48. The van der Waals surface area contributed by atoms with Crippen molar-refractivity contribution in [3.63, 3.8) is 0 Å². The summed E-state index contributed by atoms with van der Waals surface area (Å²) < 4.78 is 0. The Labute approximate surface area is 137 Å². The number of hydrogen-bond donors (Lipinski definition) is 1. The molecule has 2 N–H and O–H groups in total. The Bertz CT molecular complexity index is 172. The zero-order valence-electron chi connectivity index (χ0n) is 13.8. The van der Waals surface area contributed by atoms with E-state index in [0.29, 0.717) is 0 Å². The monoisotopic (exact) mass is 330 g/mol. The minimum atomic E-state index is 0.864. The van der Waals surface area contributed by atoms with Gasteiger partial charge in [-0.3, -0.25) is 0 Å². The molecule has 0 amide bonds. The Morgan fingerprint density at radius 3 is 1.40 bits per heavy atom. The van der Waals surface area contributed by atoms with Crippen molar-refractivity contribution in [2.75, 3.05) is 6.54 Å². The summed E-state index contributed by atoms with van der Waals surface area (Å²) in [6, 6.07) is 0. The summed E-state index contributed by atoms with van der Waals surface area (Å²) in [6.07, 6.45) is 24.2. The van der Waals surface area contributed by atoms with Crippen LogP contribution in [0, 0.1) is 0 Å². The van der Waals surface area contributed by atoms with Crippen LogP contribution in [0.15, 0.2) is 12.2 Å². The molecule has 115 valence electrons. The third kappa shape index (κ3) is 18.3. The van der Waals surface area contributed by atoms with Gasteiger partial charge in [-0.2, -0.15) is 0 Å². The van der Waals surface area contributed by atoms with Crippen LogP contribution in [0.3, 0.4) is 0 Å². The molecule has 0 fully saturated rings. The van der Waals surface area contributed by atoms with Crippen molar-refractivity contribution >= 4 is 0 Å². The molecule has 1 nitrogen and oxygen atoms in total. The number of nitrogens with two attached hydrogens (primary N) is 1. The van der Waals surface area contributed by atoms with Gasteiger partial charge in [0.1, 0.15) is 0 Å². The van der Waals surface area contributed by atoms with Crippen LogP contribution in [0.25, 0.3) is 0 Å². The van der Waals surface area contributed by atoms with Crippen molar-refractivity contribution < 1.29 is 18.3 Å². The van der Waals surface area contributed by atoms with Crippen molar-refractivity contribution in [3.05, 3.63) is 12.2 Å². The predicted octanol–water partition coefficient (Wildman–Crippen LogP) is 5.93. The molecule has 0 spiro atoms. The summed E-state index contributed by atoms with van der Waals surface area (Å²) in [5.74, 6) is 0. The zero-order chi connectivity index (χ0) is 14.7. The average Bonchev–Trinajstić information content (AvgIpc) is 2.47. The molecular formula is C18H36NZn. The first-order valence-corrected chi connectivity index (χ1v) is 11.2. The van der Waals surface area contributed by atoms with E-state index in [9.17, 15) is 0 Å². The summed E-state index contributed by atoms with van der Waals surface area (Å²) >= 11 is 1.48. The van der Waals surface area contributed by atoms with Crippen molar-refractivity contribution in [2.24, 2.45) is 5.73 Å². The molecule has 20 heavy (non-hydrogen) atoms. The molecule has 0 unspecified atom stereocenters. The van der Waals surface area contributed by atoms with Gasteiger partial charge in [0.05, 0.1) is 0 Å². The molecule has 0 saturated carbocycles. The minimum absolute atomic E-state index is 0.864. The fourth-order valence-corrected chi connectivity index (χ4v) is 3.24. The van der Waals surface area contributed by atoms with E-state index >= 15 is 0 Å². The summed E-state index contributed by atoms with van der Waals surface area (Å²) in [5.41, 5.74) is 5.48. The molecule has 0 aromatic heterocycles. The Balaban J connectivity index is 3.01. The SMILES string of the molecule is NCCCCCCCC/C=C\CCCCCCC[CH2][Zn]. The van der Waals surface area contributed by atoms with E-state index in [2.05, 4.69) is 12.2 Å². The molecule has 0 saturated heterocycles. The van der Waals surface area contributed by atoms with Crippen LogP contribution < -0.4 is 5.73 Å². The zero-order valence-corrected chi connectivity index (χ0v) is 16.7. The van der Waals surface area contributed by atoms with Gasteiger partial charge in [0.2, 0.25) is 0 Å². The summed E-state index contributed by atoms with van der Waals surface area (Å²) in [6.45, 7) is 0.864. The molecule has 0 radical (unpaired) electrons. The molecule has 0 rings (SSSR count). The molecule has 2 heteroatoms. The van der Waals surface area contributed by atoms with Crippen LogP contribution in [-0.2, 0) is 18.3 Å². The topological polar surface area (TPSA) is 26.0 Å². The Hall–Kier alpha value is 0.323. The van der Waals surface area contributed by atoms with Crippen LogP contribution in [0.5, 0.6) is 0 Å². The first-order valence-electron chi connectivity index (χ1n) is 9.06. The molecule has 0 atom stereocenters. The van der Waals surface area contributed by atoms with Crippen molar-refractivity contribution in [1.82, 2.24) is 0 Å². The normalized spacial score (nSPS) is 11.6. The van der Waals surface area contributed by atoms with Crippen LogP contribution in [-0.4, -0.2) is 6.54 Å². The number of allylic oxidation sites excluding steroid dienone is 2. The number of hydrogen-bond acceptors (Lipinski definition) is 1. The van der Waals surface area contributed by atoms with Gasteiger partial charge in [0.25, 0.3) is 0 Å². The molecule has 0 aromatic rings. The third-order valence-electron chi connectivity index (χ3n) is 3.86. The van der Waals surface area contributed by atoms with Gasteiger partial charge >= 0.3 is 93.3 Å². The van der Waals surface area contributed by atoms with E-state index in [-0.39, 0.29) is 0 Å². The van der Waals surface area contributed by atoms with Gasteiger partial charge in [0, 0.05) is 0 Å². The van der Waals surface area contributed by atoms with Crippen LogP contribution in [0.2, 0.25) is 5.02 Å². The molecule has 0 aliphatic rings. The van der Waals surface area contributed by atoms with E-state index in [1.165, 1.54) is 113 Å². The summed E-state index contributed by atoms with van der Waals surface area (Å²) in [7, 11) is 0. The fraction of sp³-hybridized carbons (Fsp3) is 0.889. The second kappa shape index (κ2) is 19.3. The van der Waals surface area contributed by atoms with E-state index in [4.69, 9.17) is 5.73 Å². The molecule has 0 aliphatic carbocycles. The maximum atomic E-state index is 5.48. The molecule has 0 heterocycles. The Morgan fingerprint density at radius 2 is 0.950 bits per heavy atom. The first kappa shape index (κ1) is 20.3. The van der Waals surface area contributed by atoms with E-state index in [1.54, 1.807) is 0 Å². The van der Waals surface area contributed by atoms with E-state index < -0.39 is 0 Å². The molecule has 0 bridgehead atoms. The second-order valence-corrected chi connectivity index (χ2v) is 7.42. The molecular weight excluding hydrogens is 296 g/mol. The fourth-order valence-electron chi connectivity index (χ4n) is 2.50.